The van der Waals surface area contributed by atoms with Gasteiger partial charge in [-0.25, -0.2) is 4.39 Å². The lowest BCUT2D eigenvalue weighted by atomic mass is 10.1. The second-order valence-electron chi connectivity index (χ2n) is 3.81. The highest BCUT2D eigenvalue weighted by Crippen LogP contribution is 2.21. The molecule has 0 aromatic heterocycles. The van der Waals surface area contributed by atoms with Gasteiger partial charge in [-0.15, -0.1) is 0 Å². The van der Waals surface area contributed by atoms with E-state index in [1.165, 1.54) is 24.3 Å². The summed E-state index contributed by atoms with van der Waals surface area (Å²) in [5.41, 5.74) is 0.553. The SMILES string of the molecule is O=C(C=Cc1c(F)cccc1Cl)c1ccccc1Cl. The molecule has 2 aromatic carbocycles. The predicted octanol–water partition coefficient (Wildman–Crippen LogP) is 5.03. The Kier molecular flexibility index (Phi) is 4.35. The van der Waals surface area contributed by atoms with Crippen LogP contribution in [0.15, 0.2) is 48.5 Å². The zero-order chi connectivity index (χ0) is 13.8. The molecule has 2 aromatic rings. The molecule has 1 nitrogen and oxygen atoms in total. The Morgan fingerprint density at radius 3 is 2.37 bits per heavy atom. The van der Waals surface area contributed by atoms with Crippen LogP contribution in [0.2, 0.25) is 10.0 Å². The molecular weight excluding hydrogens is 286 g/mol. The van der Waals surface area contributed by atoms with Crippen molar-refractivity contribution < 1.29 is 9.18 Å². The summed E-state index contributed by atoms with van der Waals surface area (Å²) >= 11 is 11.8. The molecule has 0 aliphatic rings. The van der Waals surface area contributed by atoms with Gasteiger partial charge in [0.1, 0.15) is 5.82 Å². The van der Waals surface area contributed by atoms with Crippen LogP contribution in [0.1, 0.15) is 15.9 Å². The third-order valence-electron chi connectivity index (χ3n) is 2.54. The number of halogens is 3. The third kappa shape index (κ3) is 3.22. The Labute approximate surface area is 120 Å². The largest absolute Gasteiger partial charge is 0.289 e. The van der Waals surface area contributed by atoms with Crippen LogP contribution >= 0.6 is 23.2 Å². The van der Waals surface area contributed by atoms with Crippen molar-refractivity contribution in [2.45, 2.75) is 0 Å². The molecule has 0 heterocycles. The number of hydrogen-bond acceptors (Lipinski definition) is 1. The van der Waals surface area contributed by atoms with Crippen LogP contribution in [0.4, 0.5) is 4.39 Å². The van der Waals surface area contributed by atoms with Gasteiger partial charge >= 0.3 is 0 Å². The van der Waals surface area contributed by atoms with Gasteiger partial charge in [0.05, 0.1) is 10.0 Å². The lowest BCUT2D eigenvalue weighted by Crippen LogP contribution is -1.95. The average molecular weight is 295 g/mol. The molecular formula is C15H9Cl2FO. The van der Waals surface area contributed by atoms with Crippen LogP contribution in [-0.4, -0.2) is 5.78 Å². The fourth-order valence-electron chi connectivity index (χ4n) is 1.58. The van der Waals surface area contributed by atoms with Crippen molar-refractivity contribution in [3.05, 3.63) is 75.5 Å². The summed E-state index contributed by atoms with van der Waals surface area (Å²) in [6.07, 6.45) is 2.61. The van der Waals surface area contributed by atoms with E-state index in [-0.39, 0.29) is 16.4 Å². The van der Waals surface area contributed by atoms with E-state index in [2.05, 4.69) is 0 Å². The Bertz CT molecular complexity index is 630. The molecule has 96 valence electrons. The van der Waals surface area contributed by atoms with Crippen LogP contribution in [-0.2, 0) is 0 Å². The van der Waals surface area contributed by atoms with Crippen molar-refractivity contribution >= 4 is 35.1 Å². The maximum atomic E-state index is 13.5. The molecule has 2 rings (SSSR count). The topological polar surface area (TPSA) is 17.1 Å². The summed E-state index contributed by atoms with van der Waals surface area (Å²) in [7, 11) is 0. The first kappa shape index (κ1) is 13.8. The van der Waals surface area contributed by atoms with E-state index in [1.54, 1.807) is 30.3 Å². The first-order valence-electron chi connectivity index (χ1n) is 5.50. The van der Waals surface area contributed by atoms with Crippen molar-refractivity contribution in [1.82, 2.24) is 0 Å². The van der Waals surface area contributed by atoms with Gasteiger partial charge in [0.15, 0.2) is 5.78 Å². The molecule has 19 heavy (non-hydrogen) atoms. The molecule has 0 N–H and O–H groups in total. The second-order valence-corrected chi connectivity index (χ2v) is 4.63. The van der Waals surface area contributed by atoms with Gasteiger partial charge in [-0.3, -0.25) is 4.79 Å². The van der Waals surface area contributed by atoms with E-state index in [4.69, 9.17) is 23.2 Å². The van der Waals surface area contributed by atoms with E-state index < -0.39 is 5.82 Å². The lowest BCUT2D eigenvalue weighted by Gasteiger charge is -2.01. The molecule has 0 unspecified atom stereocenters. The quantitative estimate of drug-likeness (QED) is 0.573. The van der Waals surface area contributed by atoms with Gasteiger partial charge in [0.2, 0.25) is 0 Å². The summed E-state index contributed by atoms with van der Waals surface area (Å²) in [6, 6.07) is 11.0. The number of carbonyl (C=O) groups is 1. The van der Waals surface area contributed by atoms with Crippen LogP contribution in [0.5, 0.6) is 0 Å². The molecule has 0 atom stereocenters. The Morgan fingerprint density at radius 1 is 1.00 bits per heavy atom. The van der Waals surface area contributed by atoms with Crippen molar-refractivity contribution in [2.24, 2.45) is 0 Å². The van der Waals surface area contributed by atoms with Gasteiger partial charge in [0, 0.05) is 11.1 Å². The minimum absolute atomic E-state index is 0.185. The van der Waals surface area contributed by atoms with Gasteiger partial charge in [-0.05, 0) is 36.4 Å². The molecule has 0 aliphatic heterocycles. The molecule has 0 aliphatic carbocycles. The van der Waals surface area contributed by atoms with Crippen molar-refractivity contribution in [3.8, 4) is 0 Å². The molecule has 0 saturated carbocycles. The van der Waals surface area contributed by atoms with E-state index in [0.717, 1.165) is 0 Å². The van der Waals surface area contributed by atoms with Crippen molar-refractivity contribution in [2.75, 3.05) is 0 Å². The molecule has 0 spiro atoms. The number of ketones is 1. The van der Waals surface area contributed by atoms with Crippen molar-refractivity contribution in [3.63, 3.8) is 0 Å². The zero-order valence-electron chi connectivity index (χ0n) is 9.74. The Balaban J connectivity index is 2.29. The van der Waals surface area contributed by atoms with Crippen LogP contribution in [0.25, 0.3) is 6.08 Å². The summed E-state index contributed by atoms with van der Waals surface area (Å²) in [5, 5.41) is 0.611. The minimum Gasteiger partial charge on any atom is -0.289 e. The van der Waals surface area contributed by atoms with Crippen LogP contribution < -0.4 is 0 Å². The maximum absolute atomic E-state index is 13.5. The number of carbonyl (C=O) groups excluding carboxylic acids is 1. The smallest absolute Gasteiger partial charge is 0.187 e. The van der Waals surface area contributed by atoms with Crippen LogP contribution in [0, 0.1) is 5.82 Å². The molecule has 0 radical (unpaired) electrons. The highest BCUT2D eigenvalue weighted by atomic mass is 35.5. The third-order valence-corrected chi connectivity index (χ3v) is 3.20. The van der Waals surface area contributed by atoms with Gasteiger partial charge in [-0.1, -0.05) is 41.4 Å². The van der Waals surface area contributed by atoms with E-state index >= 15 is 0 Å². The fraction of sp³-hybridized carbons (Fsp3) is 0. The second kappa shape index (κ2) is 6.00. The van der Waals surface area contributed by atoms with Gasteiger partial charge in [-0.2, -0.15) is 0 Å². The first-order chi connectivity index (χ1) is 9.09. The summed E-state index contributed by atoms with van der Waals surface area (Å²) < 4.78 is 13.5. The molecule has 0 amide bonds. The molecule has 0 saturated heterocycles. The lowest BCUT2D eigenvalue weighted by molar-refractivity contribution is 0.104. The molecule has 0 bridgehead atoms. The van der Waals surface area contributed by atoms with Crippen LogP contribution in [0.3, 0.4) is 0 Å². The number of rotatable bonds is 3. The number of benzene rings is 2. The molecule has 4 heteroatoms. The summed E-state index contributed by atoms with van der Waals surface area (Å²) in [6.45, 7) is 0. The normalized spacial score (nSPS) is 10.9. The minimum atomic E-state index is -0.476. The Hall–Kier alpha value is -1.64. The highest BCUT2D eigenvalue weighted by Gasteiger charge is 2.07. The van der Waals surface area contributed by atoms with Gasteiger partial charge < -0.3 is 0 Å². The Morgan fingerprint density at radius 2 is 1.68 bits per heavy atom. The number of allylic oxidation sites excluding steroid dienone is 1. The average Bonchev–Trinajstić information content (AvgIpc) is 2.38. The first-order valence-corrected chi connectivity index (χ1v) is 6.26. The van der Waals surface area contributed by atoms with E-state index in [0.29, 0.717) is 10.6 Å². The highest BCUT2D eigenvalue weighted by molar-refractivity contribution is 6.35. The summed E-state index contributed by atoms with van der Waals surface area (Å²) in [5.74, 6) is -0.777. The zero-order valence-corrected chi connectivity index (χ0v) is 11.3. The van der Waals surface area contributed by atoms with Gasteiger partial charge in [0.25, 0.3) is 0 Å². The monoisotopic (exact) mass is 294 g/mol. The summed E-state index contributed by atoms with van der Waals surface area (Å²) in [4.78, 5) is 11.9. The van der Waals surface area contributed by atoms with E-state index in [9.17, 15) is 9.18 Å². The standard InChI is InChI=1S/C15H9Cl2FO/c16-12-6-3-7-14(18)10(12)8-9-15(19)11-4-1-2-5-13(11)17/h1-9H. The molecule has 0 fully saturated rings. The van der Waals surface area contributed by atoms with Crippen molar-refractivity contribution in [1.29, 1.82) is 0 Å². The predicted molar refractivity (Wildman–Crippen MR) is 76.2 cm³/mol. The maximum Gasteiger partial charge on any atom is 0.187 e. The van der Waals surface area contributed by atoms with E-state index in [1.807, 2.05) is 0 Å². The number of hydrogen-bond donors (Lipinski definition) is 0. The fourth-order valence-corrected chi connectivity index (χ4v) is 2.03.